The molecule has 7 nitrogen and oxygen atoms in total. The molecule has 10 heteroatoms. The van der Waals surface area contributed by atoms with Gasteiger partial charge < -0.3 is 52.8 Å². The van der Waals surface area contributed by atoms with Gasteiger partial charge in [0.1, 0.15) is 0 Å². The fourth-order valence-corrected chi connectivity index (χ4v) is 2.95. The zero-order valence-corrected chi connectivity index (χ0v) is 23.1. The first-order chi connectivity index (χ1) is 14.4. The molecule has 0 aliphatic carbocycles. The minimum Gasteiger partial charge on any atom is -2.00 e. The molecule has 0 rings (SSSR count). The van der Waals surface area contributed by atoms with Crippen molar-refractivity contribution in [2.75, 3.05) is 24.6 Å². The molecule has 0 aliphatic heterocycles. The maximum atomic E-state index is 11.2. The molecule has 32 heavy (non-hydrogen) atoms. The van der Waals surface area contributed by atoms with Crippen molar-refractivity contribution in [1.82, 2.24) is 10.6 Å². The molecule has 0 saturated carbocycles. The van der Waals surface area contributed by atoms with Crippen LogP contribution in [0.3, 0.4) is 0 Å². The van der Waals surface area contributed by atoms with E-state index in [9.17, 15) is 9.59 Å². The largest absolute Gasteiger partial charge is 4.00 e. The monoisotopic (exact) mass is 529 g/mol. The van der Waals surface area contributed by atoms with Gasteiger partial charge >= 0.3 is 18.6 Å². The third kappa shape index (κ3) is 28.1. The van der Waals surface area contributed by atoms with Crippen molar-refractivity contribution in [1.29, 1.82) is 0 Å². The number of nitrogens with one attached hydrogen (secondary N) is 2. The molecule has 1 radical (unpaired) electrons. The molecule has 0 saturated heterocycles. The van der Waals surface area contributed by atoms with E-state index in [1.54, 1.807) is 0 Å². The summed E-state index contributed by atoms with van der Waals surface area (Å²) in [5.74, 6) is 0.363. The van der Waals surface area contributed by atoms with Crippen molar-refractivity contribution in [2.24, 2.45) is 11.5 Å². The number of carbonyl (C=O) groups is 2. The topological polar surface area (TPSA) is 139 Å². The summed E-state index contributed by atoms with van der Waals surface area (Å²) in [6.07, 6.45) is 14.7. The van der Waals surface area contributed by atoms with Gasteiger partial charge in [-0.3, -0.25) is 9.59 Å². The second-order valence-corrected chi connectivity index (χ2v) is 8.33. The summed E-state index contributed by atoms with van der Waals surface area (Å²) in [4.78, 5) is 22.4. The van der Waals surface area contributed by atoms with Crippen LogP contribution in [0.15, 0.2) is 0 Å². The predicted octanol–water partition coefficient (Wildman–Crippen LogP) is 2.55. The Bertz CT molecular complexity index is 375. The van der Waals surface area contributed by atoms with E-state index in [0.717, 1.165) is 25.9 Å². The molecule has 0 aliphatic rings. The Balaban J connectivity index is -0.000000231. The fraction of sp³-hybridized carbons (Fsp3) is 0.909. The van der Waals surface area contributed by atoms with Crippen LogP contribution in [0.4, 0.5) is 0 Å². The van der Waals surface area contributed by atoms with Crippen LogP contribution in [0.5, 0.6) is 0 Å². The average Bonchev–Trinajstić information content (AvgIpc) is 2.76. The molecule has 2 atom stereocenters. The van der Waals surface area contributed by atoms with Crippen LogP contribution in [0.2, 0.25) is 0 Å². The molecule has 0 fully saturated rings. The first-order valence-electron chi connectivity index (χ1n) is 11.7. The van der Waals surface area contributed by atoms with Crippen molar-refractivity contribution < 1.29 is 33.6 Å². The third-order valence-electron chi connectivity index (χ3n) is 4.69. The first-order valence-corrected chi connectivity index (χ1v) is 12.8. The summed E-state index contributed by atoms with van der Waals surface area (Å²) in [5, 5.41) is 5.59. The molecule has 2 unspecified atom stereocenters. The Morgan fingerprint density at radius 3 is 1.22 bits per heavy atom. The van der Waals surface area contributed by atoms with Gasteiger partial charge in [-0.2, -0.15) is 11.5 Å². The molecule has 189 valence electrons. The molecule has 0 aromatic carbocycles. The number of hydrogen-bond acceptors (Lipinski definition) is 6. The quantitative estimate of drug-likeness (QED) is 0.159. The molecular weight excluding hydrogens is 483 g/mol. The van der Waals surface area contributed by atoms with Crippen LogP contribution < -0.4 is 22.1 Å². The van der Waals surface area contributed by atoms with Gasteiger partial charge in [0.25, 0.3) is 0 Å². The van der Waals surface area contributed by atoms with Crippen molar-refractivity contribution in [3.63, 3.8) is 0 Å². The minimum atomic E-state index is -0.514. The van der Waals surface area contributed by atoms with Crippen LogP contribution >= 0.6 is 0 Å². The van der Waals surface area contributed by atoms with Gasteiger partial charge in [0.2, 0.25) is 11.8 Å². The molecule has 0 bridgehead atoms. The Kier molecular flexibility index (Phi) is 38.2. The van der Waals surface area contributed by atoms with Crippen LogP contribution in [0.25, 0.3) is 0 Å². The molecule has 0 aromatic heterocycles. The Morgan fingerprint density at radius 1 is 0.656 bits per heavy atom. The zero-order chi connectivity index (χ0) is 23.0. The number of hydrogen-bond donors (Lipinski definition) is 4. The maximum absolute atomic E-state index is 11.2. The SMILES string of the molecule is CCCCCCCCNC(=O)C(N)C[S-].CCCCCCCCNC(=O)C(N)C[S-].[O-2].[V+4]. The van der Waals surface area contributed by atoms with Crippen LogP contribution in [0, 0.1) is 0 Å². The summed E-state index contributed by atoms with van der Waals surface area (Å²) >= 11 is 9.43. The fourth-order valence-electron chi connectivity index (χ4n) is 2.65. The summed E-state index contributed by atoms with van der Waals surface area (Å²) in [7, 11) is 0. The number of carbonyl (C=O) groups excluding carboxylic acids is 2. The van der Waals surface area contributed by atoms with Gasteiger partial charge in [-0.15, -0.1) is 0 Å². The number of rotatable bonds is 18. The zero-order valence-electron chi connectivity index (χ0n) is 20.1. The standard InChI is InChI=1S/2C11H24N2OS.O.V/c2*1-2-3-4-5-6-7-8-13-11(14)10(12)9-15;;/h2*10,15H,2-9,12H2,1H3,(H,13,14);;/q;;-2;+4/p-2. The maximum Gasteiger partial charge on any atom is 4.00 e. The van der Waals surface area contributed by atoms with Crippen LogP contribution in [-0.2, 0) is 58.9 Å². The van der Waals surface area contributed by atoms with Gasteiger partial charge in [0, 0.05) is 13.1 Å². The van der Waals surface area contributed by atoms with Crippen molar-refractivity contribution in [3.8, 4) is 0 Å². The van der Waals surface area contributed by atoms with Crippen molar-refractivity contribution in [2.45, 2.75) is 103 Å². The van der Waals surface area contributed by atoms with E-state index >= 15 is 0 Å². The molecule has 2 amide bonds. The van der Waals surface area contributed by atoms with Crippen molar-refractivity contribution >= 4 is 37.1 Å². The second-order valence-electron chi connectivity index (χ2n) is 7.66. The summed E-state index contributed by atoms with van der Waals surface area (Å²) < 4.78 is 0. The van der Waals surface area contributed by atoms with Gasteiger partial charge in [-0.05, 0) is 12.8 Å². The normalized spacial score (nSPS) is 11.7. The molecule has 0 aromatic rings. The van der Waals surface area contributed by atoms with E-state index < -0.39 is 12.1 Å². The average molecular weight is 530 g/mol. The van der Waals surface area contributed by atoms with Gasteiger partial charge in [-0.1, -0.05) is 78.1 Å². The molecular formula is C22H46N4O3S2V. The summed E-state index contributed by atoms with van der Waals surface area (Å²) in [6.45, 7) is 5.87. The van der Waals surface area contributed by atoms with Crippen molar-refractivity contribution in [3.05, 3.63) is 0 Å². The number of amides is 2. The van der Waals surface area contributed by atoms with E-state index in [4.69, 9.17) is 36.7 Å². The summed E-state index contributed by atoms with van der Waals surface area (Å²) in [5.41, 5.74) is 11.0. The minimum absolute atomic E-state index is 0. The predicted molar refractivity (Wildman–Crippen MR) is 134 cm³/mol. The smallest absolute Gasteiger partial charge is 2.00 e. The van der Waals surface area contributed by atoms with E-state index in [1.165, 1.54) is 64.2 Å². The number of nitrogens with two attached hydrogens (primary N) is 2. The van der Waals surface area contributed by atoms with E-state index in [2.05, 4.69) is 24.5 Å². The van der Waals surface area contributed by atoms with Gasteiger partial charge in [0.15, 0.2) is 0 Å². The molecule has 0 spiro atoms. The van der Waals surface area contributed by atoms with Gasteiger partial charge in [0.05, 0.1) is 12.1 Å². The molecule has 0 heterocycles. The molecule has 6 N–H and O–H groups in total. The Hall–Kier alpha value is 0.104. The van der Waals surface area contributed by atoms with E-state index in [0.29, 0.717) is 11.5 Å². The Morgan fingerprint density at radius 2 is 0.938 bits per heavy atom. The van der Waals surface area contributed by atoms with E-state index in [-0.39, 0.29) is 35.8 Å². The Labute approximate surface area is 219 Å². The third-order valence-corrected chi connectivity index (χ3v) is 5.41. The summed E-state index contributed by atoms with van der Waals surface area (Å²) in [6, 6.07) is -1.03. The number of unbranched alkanes of at least 4 members (excludes halogenated alkanes) is 10. The van der Waals surface area contributed by atoms with E-state index in [1.807, 2.05) is 0 Å². The van der Waals surface area contributed by atoms with Gasteiger partial charge in [-0.25, -0.2) is 0 Å². The first kappa shape index (κ1) is 39.3. The van der Waals surface area contributed by atoms with Crippen LogP contribution in [0.1, 0.15) is 90.9 Å². The second kappa shape index (κ2) is 31.1. The van der Waals surface area contributed by atoms with Crippen LogP contribution in [-0.4, -0.2) is 48.5 Å².